The van der Waals surface area contributed by atoms with Crippen molar-refractivity contribution >= 4 is 11.6 Å². The number of amides is 1. The predicted molar refractivity (Wildman–Crippen MR) is 95.3 cm³/mol. The Morgan fingerprint density at radius 3 is 2.32 bits per heavy atom. The number of nitrogens with one attached hydrogen (secondary N) is 1. The number of likely N-dealkylation sites (tertiary alicyclic amines) is 1. The molecule has 0 radical (unpaired) electrons. The Balaban J connectivity index is 1.47. The molecule has 6 heteroatoms. The van der Waals surface area contributed by atoms with Crippen LogP contribution in [0.25, 0.3) is 0 Å². The number of benzene rings is 2. The van der Waals surface area contributed by atoms with Crippen molar-refractivity contribution < 1.29 is 9.72 Å². The molecule has 6 nitrogen and oxygen atoms in total. The minimum Gasteiger partial charge on any atom is -0.349 e. The highest BCUT2D eigenvalue weighted by atomic mass is 16.6. The summed E-state index contributed by atoms with van der Waals surface area (Å²) < 4.78 is 0. The van der Waals surface area contributed by atoms with E-state index in [1.807, 2.05) is 30.3 Å². The first-order valence-corrected chi connectivity index (χ1v) is 8.43. The number of non-ortho nitro benzene ring substituents is 1. The van der Waals surface area contributed by atoms with Gasteiger partial charge in [0.15, 0.2) is 0 Å². The van der Waals surface area contributed by atoms with Gasteiger partial charge >= 0.3 is 0 Å². The first-order chi connectivity index (χ1) is 12.1. The molecule has 3 rings (SSSR count). The standard InChI is InChI=1S/C19H21N3O3/c23-19(16-4-2-1-3-5-16)20-17-10-12-21(13-11-17)14-15-6-8-18(9-7-15)22(24)25/h1-9,17H,10-14H2,(H,20,23). The molecule has 0 aliphatic carbocycles. The second kappa shape index (κ2) is 7.90. The summed E-state index contributed by atoms with van der Waals surface area (Å²) in [4.78, 5) is 24.8. The number of carbonyl (C=O) groups excluding carboxylic acids is 1. The number of hydrogen-bond acceptors (Lipinski definition) is 4. The molecule has 130 valence electrons. The van der Waals surface area contributed by atoms with Crippen LogP contribution >= 0.6 is 0 Å². The molecule has 2 aromatic carbocycles. The zero-order valence-electron chi connectivity index (χ0n) is 13.9. The van der Waals surface area contributed by atoms with E-state index >= 15 is 0 Å². The minimum atomic E-state index is -0.384. The molecular formula is C19H21N3O3. The number of carbonyl (C=O) groups is 1. The first kappa shape index (κ1) is 17.1. The molecule has 25 heavy (non-hydrogen) atoms. The highest BCUT2D eigenvalue weighted by Crippen LogP contribution is 2.17. The zero-order valence-corrected chi connectivity index (χ0v) is 13.9. The summed E-state index contributed by atoms with van der Waals surface area (Å²) in [7, 11) is 0. The number of nitro benzene ring substituents is 1. The van der Waals surface area contributed by atoms with E-state index < -0.39 is 0 Å². The average molecular weight is 339 g/mol. The maximum atomic E-state index is 12.2. The highest BCUT2D eigenvalue weighted by molar-refractivity contribution is 5.94. The molecule has 1 fully saturated rings. The molecule has 1 aliphatic rings. The van der Waals surface area contributed by atoms with Gasteiger partial charge in [-0.25, -0.2) is 0 Å². The Morgan fingerprint density at radius 1 is 1.08 bits per heavy atom. The summed E-state index contributed by atoms with van der Waals surface area (Å²) in [6, 6.07) is 16.2. The maximum Gasteiger partial charge on any atom is 0.269 e. The molecule has 0 bridgehead atoms. The van der Waals surface area contributed by atoms with Crippen molar-refractivity contribution in [3.63, 3.8) is 0 Å². The van der Waals surface area contributed by atoms with Gasteiger partial charge in [-0.3, -0.25) is 19.8 Å². The summed E-state index contributed by atoms with van der Waals surface area (Å²) in [5.74, 6) is -0.0191. The van der Waals surface area contributed by atoms with Crippen molar-refractivity contribution in [3.8, 4) is 0 Å². The van der Waals surface area contributed by atoms with Crippen LogP contribution < -0.4 is 5.32 Å². The van der Waals surface area contributed by atoms with Gasteiger partial charge in [0.2, 0.25) is 0 Å². The summed E-state index contributed by atoms with van der Waals surface area (Å²) in [5.41, 5.74) is 1.87. The Morgan fingerprint density at radius 2 is 1.72 bits per heavy atom. The summed E-state index contributed by atoms with van der Waals surface area (Å²) >= 11 is 0. The lowest BCUT2D eigenvalue weighted by atomic mass is 10.0. The van der Waals surface area contributed by atoms with Crippen molar-refractivity contribution in [3.05, 3.63) is 75.8 Å². The van der Waals surface area contributed by atoms with Gasteiger partial charge in [0.25, 0.3) is 11.6 Å². The van der Waals surface area contributed by atoms with Gasteiger partial charge in [0, 0.05) is 43.4 Å². The van der Waals surface area contributed by atoms with Crippen molar-refractivity contribution in [2.45, 2.75) is 25.4 Å². The van der Waals surface area contributed by atoms with Crippen LogP contribution in [0.5, 0.6) is 0 Å². The highest BCUT2D eigenvalue weighted by Gasteiger charge is 2.21. The van der Waals surface area contributed by atoms with E-state index in [1.54, 1.807) is 24.3 Å². The van der Waals surface area contributed by atoms with Gasteiger partial charge in [-0.2, -0.15) is 0 Å². The Labute approximate surface area is 146 Å². The molecule has 0 saturated carbocycles. The van der Waals surface area contributed by atoms with E-state index in [-0.39, 0.29) is 22.6 Å². The zero-order chi connectivity index (χ0) is 17.6. The van der Waals surface area contributed by atoms with Crippen molar-refractivity contribution in [2.24, 2.45) is 0 Å². The van der Waals surface area contributed by atoms with Gasteiger partial charge in [-0.05, 0) is 30.5 Å². The van der Waals surface area contributed by atoms with E-state index in [1.165, 1.54) is 0 Å². The van der Waals surface area contributed by atoms with Gasteiger partial charge in [0.1, 0.15) is 0 Å². The molecule has 1 heterocycles. The average Bonchev–Trinajstić information content (AvgIpc) is 2.64. The molecule has 1 amide bonds. The topological polar surface area (TPSA) is 75.5 Å². The first-order valence-electron chi connectivity index (χ1n) is 8.43. The lowest BCUT2D eigenvalue weighted by molar-refractivity contribution is -0.384. The Bertz CT molecular complexity index is 723. The summed E-state index contributed by atoms with van der Waals surface area (Å²) in [5, 5.41) is 13.8. The van der Waals surface area contributed by atoms with Crippen LogP contribution in [0.4, 0.5) is 5.69 Å². The van der Waals surface area contributed by atoms with Crippen molar-refractivity contribution in [2.75, 3.05) is 13.1 Å². The molecular weight excluding hydrogens is 318 g/mol. The van der Waals surface area contributed by atoms with Crippen molar-refractivity contribution in [1.29, 1.82) is 0 Å². The second-order valence-electron chi connectivity index (χ2n) is 6.31. The van der Waals surface area contributed by atoms with Crippen LogP contribution in [0.2, 0.25) is 0 Å². The van der Waals surface area contributed by atoms with Crippen LogP contribution in [0, 0.1) is 10.1 Å². The van der Waals surface area contributed by atoms with Crippen LogP contribution in [-0.4, -0.2) is 34.9 Å². The lowest BCUT2D eigenvalue weighted by Crippen LogP contribution is -2.44. The predicted octanol–water partition coefficient (Wildman–Crippen LogP) is 2.99. The van der Waals surface area contributed by atoms with E-state index in [0.29, 0.717) is 5.56 Å². The molecule has 0 unspecified atom stereocenters. The Kier molecular flexibility index (Phi) is 5.40. The third-order valence-electron chi connectivity index (χ3n) is 4.51. The lowest BCUT2D eigenvalue weighted by Gasteiger charge is -2.32. The summed E-state index contributed by atoms with van der Waals surface area (Å²) in [6.45, 7) is 2.57. The minimum absolute atomic E-state index is 0.0191. The van der Waals surface area contributed by atoms with Crippen LogP contribution in [-0.2, 0) is 6.54 Å². The van der Waals surface area contributed by atoms with Crippen LogP contribution in [0.15, 0.2) is 54.6 Å². The molecule has 2 aromatic rings. The number of piperidine rings is 1. The third-order valence-corrected chi connectivity index (χ3v) is 4.51. The molecule has 0 aromatic heterocycles. The van der Waals surface area contributed by atoms with Gasteiger partial charge in [0.05, 0.1) is 4.92 Å². The normalized spacial score (nSPS) is 15.7. The number of nitro groups is 1. The number of rotatable bonds is 5. The van der Waals surface area contributed by atoms with E-state index in [9.17, 15) is 14.9 Å². The fourth-order valence-corrected chi connectivity index (χ4v) is 3.07. The van der Waals surface area contributed by atoms with Crippen molar-refractivity contribution in [1.82, 2.24) is 10.2 Å². The Hall–Kier alpha value is -2.73. The summed E-state index contributed by atoms with van der Waals surface area (Å²) in [6.07, 6.45) is 1.82. The van der Waals surface area contributed by atoms with E-state index in [2.05, 4.69) is 10.2 Å². The maximum absolute atomic E-state index is 12.2. The monoisotopic (exact) mass is 339 g/mol. The molecule has 1 aliphatic heterocycles. The van der Waals surface area contributed by atoms with E-state index in [4.69, 9.17) is 0 Å². The smallest absolute Gasteiger partial charge is 0.269 e. The van der Waals surface area contributed by atoms with Gasteiger partial charge in [-0.1, -0.05) is 30.3 Å². The SMILES string of the molecule is O=C(NC1CCN(Cc2ccc([N+](=O)[O-])cc2)CC1)c1ccccc1. The van der Waals surface area contributed by atoms with E-state index in [0.717, 1.165) is 38.0 Å². The number of nitrogens with zero attached hydrogens (tertiary/aromatic N) is 2. The van der Waals surface area contributed by atoms with Gasteiger partial charge in [-0.15, -0.1) is 0 Å². The number of hydrogen-bond donors (Lipinski definition) is 1. The second-order valence-corrected chi connectivity index (χ2v) is 6.31. The van der Waals surface area contributed by atoms with Gasteiger partial charge < -0.3 is 5.32 Å². The quantitative estimate of drug-likeness (QED) is 0.671. The molecule has 0 atom stereocenters. The fourth-order valence-electron chi connectivity index (χ4n) is 3.07. The molecule has 0 spiro atoms. The fraction of sp³-hybridized carbons (Fsp3) is 0.316. The molecule has 1 saturated heterocycles. The third kappa shape index (κ3) is 4.64. The van der Waals surface area contributed by atoms with Crippen LogP contribution in [0.3, 0.4) is 0 Å². The largest absolute Gasteiger partial charge is 0.349 e. The molecule has 1 N–H and O–H groups in total. The van der Waals surface area contributed by atoms with Crippen LogP contribution in [0.1, 0.15) is 28.8 Å².